The molecule has 2 rings (SSSR count). The molecule has 1 aromatic carbocycles. The van der Waals surface area contributed by atoms with Gasteiger partial charge in [-0.15, -0.1) is 0 Å². The summed E-state index contributed by atoms with van der Waals surface area (Å²) < 4.78 is 0. The summed E-state index contributed by atoms with van der Waals surface area (Å²) >= 11 is 0. The van der Waals surface area contributed by atoms with Crippen molar-refractivity contribution in [3.8, 4) is 0 Å². The highest BCUT2D eigenvalue weighted by molar-refractivity contribution is 5.22. The summed E-state index contributed by atoms with van der Waals surface area (Å²) in [5.41, 5.74) is 5.17. The molecule has 0 saturated heterocycles. The molecule has 0 bridgehead atoms. The molecule has 0 aliphatic rings. The van der Waals surface area contributed by atoms with E-state index in [-0.39, 0.29) is 0 Å². The van der Waals surface area contributed by atoms with Crippen molar-refractivity contribution in [2.75, 3.05) is 0 Å². The number of nitrogens with zero attached hydrogens (tertiary/aromatic N) is 1. The van der Waals surface area contributed by atoms with E-state index in [4.69, 9.17) is 0 Å². The molecule has 0 amide bonds. The van der Waals surface area contributed by atoms with Gasteiger partial charge in [-0.05, 0) is 39.2 Å². The molecule has 19 heavy (non-hydrogen) atoms. The Morgan fingerprint density at radius 1 is 1.32 bits per heavy atom. The Balaban J connectivity index is 1.76. The van der Waals surface area contributed by atoms with Crippen LogP contribution < -0.4 is 5.32 Å². The SMILES string of the molecule is Cc1cccc(CCC(C)NCc2cn[nH]c2C)c1. The van der Waals surface area contributed by atoms with Crippen LogP contribution in [0.2, 0.25) is 0 Å². The molecule has 0 radical (unpaired) electrons. The third-order valence-electron chi connectivity index (χ3n) is 3.52. The summed E-state index contributed by atoms with van der Waals surface area (Å²) in [6.45, 7) is 7.33. The minimum atomic E-state index is 0.509. The predicted molar refractivity (Wildman–Crippen MR) is 79.1 cm³/mol. The number of H-pyrrole nitrogens is 1. The molecule has 0 fully saturated rings. The third kappa shape index (κ3) is 4.21. The molecular formula is C16H23N3. The fraction of sp³-hybridized carbons (Fsp3) is 0.438. The second-order valence-electron chi connectivity index (χ2n) is 5.33. The molecule has 102 valence electrons. The molecule has 1 aromatic heterocycles. The zero-order chi connectivity index (χ0) is 13.7. The van der Waals surface area contributed by atoms with Gasteiger partial charge >= 0.3 is 0 Å². The van der Waals surface area contributed by atoms with E-state index in [9.17, 15) is 0 Å². The first-order valence-corrected chi connectivity index (χ1v) is 6.93. The van der Waals surface area contributed by atoms with Crippen molar-refractivity contribution in [1.29, 1.82) is 0 Å². The van der Waals surface area contributed by atoms with E-state index in [1.165, 1.54) is 16.7 Å². The molecule has 2 N–H and O–H groups in total. The van der Waals surface area contributed by atoms with E-state index < -0.39 is 0 Å². The number of rotatable bonds is 6. The number of hydrogen-bond donors (Lipinski definition) is 2. The summed E-state index contributed by atoms with van der Waals surface area (Å²) in [4.78, 5) is 0. The second-order valence-corrected chi connectivity index (χ2v) is 5.33. The molecule has 1 heterocycles. The van der Waals surface area contributed by atoms with Crippen LogP contribution in [0, 0.1) is 13.8 Å². The maximum atomic E-state index is 4.04. The van der Waals surface area contributed by atoms with E-state index in [1.54, 1.807) is 0 Å². The number of aryl methyl sites for hydroxylation is 3. The van der Waals surface area contributed by atoms with Gasteiger partial charge < -0.3 is 5.32 Å². The zero-order valence-corrected chi connectivity index (χ0v) is 12.0. The lowest BCUT2D eigenvalue weighted by atomic mass is 10.0. The highest BCUT2D eigenvalue weighted by Gasteiger charge is 2.05. The predicted octanol–water partition coefficient (Wildman–Crippen LogP) is 3.14. The summed E-state index contributed by atoms with van der Waals surface area (Å²) in [7, 11) is 0. The van der Waals surface area contributed by atoms with Crippen LogP contribution in [0.3, 0.4) is 0 Å². The first kappa shape index (κ1) is 13.8. The van der Waals surface area contributed by atoms with Crippen LogP contribution in [0.5, 0.6) is 0 Å². The maximum absolute atomic E-state index is 4.04. The number of nitrogens with one attached hydrogen (secondary N) is 2. The largest absolute Gasteiger partial charge is 0.310 e. The van der Waals surface area contributed by atoms with Crippen LogP contribution in [-0.4, -0.2) is 16.2 Å². The van der Waals surface area contributed by atoms with Gasteiger partial charge in [0.25, 0.3) is 0 Å². The molecule has 0 saturated carbocycles. The Kier molecular flexibility index (Phi) is 4.74. The van der Waals surface area contributed by atoms with E-state index in [0.717, 1.165) is 25.1 Å². The Morgan fingerprint density at radius 3 is 2.84 bits per heavy atom. The van der Waals surface area contributed by atoms with Crippen LogP contribution >= 0.6 is 0 Å². The molecule has 1 atom stereocenters. The van der Waals surface area contributed by atoms with E-state index >= 15 is 0 Å². The lowest BCUT2D eigenvalue weighted by molar-refractivity contribution is 0.513. The Bertz CT molecular complexity index is 516. The van der Waals surface area contributed by atoms with Crippen LogP contribution in [-0.2, 0) is 13.0 Å². The minimum Gasteiger partial charge on any atom is -0.310 e. The van der Waals surface area contributed by atoms with Crippen molar-refractivity contribution in [1.82, 2.24) is 15.5 Å². The van der Waals surface area contributed by atoms with Gasteiger partial charge in [-0.3, -0.25) is 5.10 Å². The highest BCUT2D eigenvalue weighted by atomic mass is 15.1. The van der Waals surface area contributed by atoms with Crippen molar-refractivity contribution < 1.29 is 0 Å². The monoisotopic (exact) mass is 257 g/mol. The van der Waals surface area contributed by atoms with Gasteiger partial charge in [0.1, 0.15) is 0 Å². The lowest BCUT2D eigenvalue weighted by Crippen LogP contribution is -2.26. The fourth-order valence-corrected chi connectivity index (χ4v) is 2.19. The molecule has 0 spiro atoms. The summed E-state index contributed by atoms with van der Waals surface area (Å²) in [5.74, 6) is 0. The zero-order valence-electron chi connectivity index (χ0n) is 12.0. The lowest BCUT2D eigenvalue weighted by Gasteiger charge is -2.13. The number of benzene rings is 1. The highest BCUT2D eigenvalue weighted by Crippen LogP contribution is 2.09. The van der Waals surface area contributed by atoms with Crippen LogP contribution in [0.4, 0.5) is 0 Å². The minimum absolute atomic E-state index is 0.509. The molecule has 3 nitrogen and oxygen atoms in total. The van der Waals surface area contributed by atoms with Gasteiger partial charge in [0, 0.05) is 23.8 Å². The summed E-state index contributed by atoms with van der Waals surface area (Å²) in [6, 6.07) is 9.27. The normalized spacial score (nSPS) is 12.6. The van der Waals surface area contributed by atoms with Crippen molar-refractivity contribution in [2.45, 2.75) is 46.2 Å². The Labute approximate surface area is 115 Å². The van der Waals surface area contributed by atoms with Crippen molar-refractivity contribution in [3.05, 3.63) is 52.8 Å². The third-order valence-corrected chi connectivity index (χ3v) is 3.52. The van der Waals surface area contributed by atoms with Crippen molar-refractivity contribution >= 4 is 0 Å². The summed E-state index contributed by atoms with van der Waals surface area (Å²) in [6.07, 6.45) is 4.18. The van der Waals surface area contributed by atoms with Gasteiger partial charge in [0.05, 0.1) is 6.20 Å². The average molecular weight is 257 g/mol. The average Bonchev–Trinajstić information content (AvgIpc) is 2.80. The Hall–Kier alpha value is -1.61. The molecule has 0 aliphatic heterocycles. The Morgan fingerprint density at radius 2 is 2.16 bits per heavy atom. The molecular weight excluding hydrogens is 234 g/mol. The van der Waals surface area contributed by atoms with Crippen LogP contribution in [0.15, 0.2) is 30.5 Å². The van der Waals surface area contributed by atoms with E-state index in [1.807, 2.05) is 6.20 Å². The van der Waals surface area contributed by atoms with Gasteiger partial charge in [-0.1, -0.05) is 29.8 Å². The van der Waals surface area contributed by atoms with Crippen LogP contribution in [0.1, 0.15) is 35.7 Å². The fourth-order valence-electron chi connectivity index (χ4n) is 2.19. The quantitative estimate of drug-likeness (QED) is 0.834. The first-order valence-electron chi connectivity index (χ1n) is 6.93. The van der Waals surface area contributed by atoms with Crippen molar-refractivity contribution in [3.63, 3.8) is 0 Å². The second kappa shape index (κ2) is 6.53. The number of aromatic amines is 1. The maximum Gasteiger partial charge on any atom is 0.0535 e. The summed E-state index contributed by atoms with van der Waals surface area (Å²) in [5, 5.41) is 10.6. The molecule has 3 heteroatoms. The van der Waals surface area contributed by atoms with Gasteiger partial charge in [-0.25, -0.2) is 0 Å². The van der Waals surface area contributed by atoms with E-state index in [0.29, 0.717) is 6.04 Å². The van der Waals surface area contributed by atoms with Gasteiger partial charge in [-0.2, -0.15) is 5.10 Å². The number of aromatic nitrogens is 2. The smallest absolute Gasteiger partial charge is 0.0535 e. The van der Waals surface area contributed by atoms with Crippen molar-refractivity contribution in [2.24, 2.45) is 0 Å². The van der Waals surface area contributed by atoms with E-state index in [2.05, 4.69) is 60.6 Å². The van der Waals surface area contributed by atoms with Gasteiger partial charge in [0.15, 0.2) is 0 Å². The molecule has 2 aromatic rings. The van der Waals surface area contributed by atoms with Gasteiger partial charge in [0.2, 0.25) is 0 Å². The standard InChI is InChI=1S/C16H23N3/c1-12-5-4-6-15(9-12)8-7-13(2)17-10-16-11-18-19-14(16)3/h4-6,9,11,13,17H,7-8,10H2,1-3H3,(H,18,19). The molecule has 1 unspecified atom stereocenters. The topological polar surface area (TPSA) is 40.7 Å². The molecule has 0 aliphatic carbocycles. The van der Waals surface area contributed by atoms with Crippen LogP contribution in [0.25, 0.3) is 0 Å². The first-order chi connectivity index (χ1) is 9.15. The number of hydrogen-bond acceptors (Lipinski definition) is 2.